The lowest BCUT2D eigenvalue weighted by atomic mass is 10.1. The Morgan fingerprint density at radius 3 is 1.81 bits per heavy atom. The second-order valence-electron chi connectivity index (χ2n) is 4.51. The molecule has 2 aromatic rings. The molecule has 0 spiro atoms. The monoisotopic (exact) mass is 342 g/mol. The van der Waals surface area contributed by atoms with Crippen molar-refractivity contribution in [2.75, 3.05) is 0 Å². The molecular weight excluding hydrogens is 331 g/mol. The van der Waals surface area contributed by atoms with Crippen LogP contribution < -0.4 is 0 Å². The first kappa shape index (κ1) is 16.0. The number of hydrogen-bond donors (Lipinski definition) is 0. The second kappa shape index (κ2) is 6.18. The first-order valence-electron chi connectivity index (χ1n) is 6.11. The maximum absolute atomic E-state index is 12.4. The summed E-state index contributed by atoms with van der Waals surface area (Å²) in [6.07, 6.45) is 0. The lowest BCUT2D eigenvalue weighted by molar-refractivity contribution is 0.0991. The van der Waals surface area contributed by atoms with Crippen molar-refractivity contribution < 1.29 is 13.2 Å². The fraction of sp³-hybridized carbons (Fsp3) is 0.133. The second-order valence-corrected chi connectivity index (χ2v) is 7.65. The first-order valence-corrected chi connectivity index (χ1v) is 8.42. The van der Waals surface area contributed by atoms with Crippen LogP contribution in [-0.4, -0.2) is 19.5 Å². The van der Waals surface area contributed by atoms with Crippen LogP contribution in [0.25, 0.3) is 0 Å². The number of carbonyl (C=O) groups is 1. The molecule has 0 heterocycles. The predicted molar refractivity (Wildman–Crippen MR) is 83.9 cm³/mol. The third kappa shape index (κ3) is 3.46. The molecule has 0 aliphatic carbocycles. The molecule has 0 saturated carbocycles. The van der Waals surface area contributed by atoms with Gasteiger partial charge in [0.05, 0.1) is 4.90 Å². The average molecular weight is 343 g/mol. The van der Waals surface area contributed by atoms with Gasteiger partial charge in [0, 0.05) is 15.6 Å². The largest absolute Gasteiger partial charge is 0.293 e. The SMILES string of the molecule is CC(C(=O)c1ccc(Cl)cc1)S(=O)(=O)c1ccc(Cl)cc1. The Bertz CT molecular complexity index is 751. The Kier molecular flexibility index (Phi) is 4.71. The fourth-order valence-corrected chi connectivity index (χ4v) is 3.41. The Morgan fingerprint density at radius 1 is 0.905 bits per heavy atom. The van der Waals surface area contributed by atoms with E-state index in [9.17, 15) is 13.2 Å². The van der Waals surface area contributed by atoms with Crippen molar-refractivity contribution in [3.63, 3.8) is 0 Å². The van der Waals surface area contributed by atoms with Gasteiger partial charge in [-0.2, -0.15) is 0 Å². The summed E-state index contributed by atoms with van der Waals surface area (Å²) >= 11 is 11.5. The quantitative estimate of drug-likeness (QED) is 0.788. The lowest BCUT2D eigenvalue weighted by Crippen LogP contribution is -2.27. The van der Waals surface area contributed by atoms with E-state index >= 15 is 0 Å². The molecule has 2 rings (SSSR count). The van der Waals surface area contributed by atoms with Gasteiger partial charge >= 0.3 is 0 Å². The molecular formula is C15H12Cl2O3S. The molecule has 110 valence electrons. The highest BCUT2D eigenvalue weighted by Gasteiger charge is 2.30. The lowest BCUT2D eigenvalue weighted by Gasteiger charge is -2.12. The smallest absolute Gasteiger partial charge is 0.188 e. The van der Waals surface area contributed by atoms with E-state index in [0.29, 0.717) is 15.6 Å². The molecule has 0 saturated heterocycles. The number of hydrogen-bond acceptors (Lipinski definition) is 3. The summed E-state index contributed by atoms with van der Waals surface area (Å²) in [4.78, 5) is 12.4. The van der Waals surface area contributed by atoms with Crippen molar-refractivity contribution in [1.29, 1.82) is 0 Å². The summed E-state index contributed by atoms with van der Waals surface area (Å²) in [5.41, 5.74) is 0.310. The van der Waals surface area contributed by atoms with E-state index in [2.05, 4.69) is 0 Å². The van der Waals surface area contributed by atoms with E-state index in [-0.39, 0.29) is 4.90 Å². The van der Waals surface area contributed by atoms with Crippen molar-refractivity contribution >= 4 is 38.8 Å². The number of carbonyl (C=O) groups excluding carboxylic acids is 1. The van der Waals surface area contributed by atoms with Gasteiger partial charge in [0.25, 0.3) is 0 Å². The van der Waals surface area contributed by atoms with E-state index in [1.807, 2.05) is 0 Å². The summed E-state index contributed by atoms with van der Waals surface area (Å²) in [5, 5.41) is -0.259. The standard InChI is InChI=1S/C15H12Cl2O3S/c1-10(15(18)11-2-4-12(16)5-3-11)21(19,20)14-8-6-13(17)7-9-14/h2-10H,1H3. The molecule has 3 nitrogen and oxygen atoms in total. The molecule has 0 radical (unpaired) electrons. The van der Waals surface area contributed by atoms with Crippen molar-refractivity contribution in [1.82, 2.24) is 0 Å². The number of Topliss-reactive ketones (excluding diaryl/α,β-unsaturated/α-hetero) is 1. The molecule has 0 fully saturated rings. The minimum absolute atomic E-state index is 0.0710. The topological polar surface area (TPSA) is 51.2 Å². The maximum atomic E-state index is 12.4. The zero-order valence-electron chi connectivity index (χ0n) is 11.1. The van der Waals surface area contributed by atoms with Crippen LogP contribution in [-0.2, 0) is 9.84 Å². The number of sulfone groups is 1. The number of halogens is 2. The Labute approximate surface area is 133 Å². The zero-order valence-corrected chi connectivity index (χ0v) is 13.4. The molecule has 0 N–H and O–H groups in total. The number of benzene rings is 2. The molecule has 21 heavy (non-hydrogen) atoms. The Hall–Kier alpha value is -1.36. The highest BCUT2D eigenvalue weighted by Crippen LogP contribution is 2.21. The fourth-order valence-electron chi connectivity index (χ4n) is 1.82. The van der Waals surface area contributed by atoms with Crippen LogP contribution >= 0.6 is 23.2 Å². The number of rotatable bonds is 4. The van der Waals surface area contributed by atoms with Gasteiger partial charge in [0.1, 0.15) is 5.25 Å². The van der Waals surface area contributed by atoms with E-state index in [1.54, 1.807) is 12.1 Å². The molecule has 0 amide bonds. The van der Waals surface area contributed by atoms with Crippen LogP contribution in [0.1, 0.15) is 17.3 Å². The molecule has 0 bridgehead atoms. The summed E-state index contributed by atoms with van der Waals surface area (Å²) in [6, 6.07) is 11.9. The summed E-state index contributed by atoms with van der Waals surface area (Å²) in [6.45, 7) is 1.38. The molecule has 0 aliphatic heterocycles. The third-order valence-corrected chi connectivity index (χ3v) is 5.68. The van der Waals surface area contributed by atoms with Gasteiger partial charge in [-0.3, -0.25) is 4.79 Å². The molecule has 0 aliphatic rings. The van der Waals surface area contributed by atoms with Crippen LogP contribution in [0.2, 0.25) is 10.0 Å². The molecule has 1 unspecified atom stereocenters. The van der Waals surface area contributed by atoms with Gasteiger partial charge in [-0.25, -0.2) is 8.42 Å². The first-order chi connectivity index (χ1) is 9.82. The van der Waals surface area contributed by atoms with Gasteiger partial charge < -0.3 is 0 Å². The minimum Gasteiger partial charge on any atom is -0.293 e. The Balaban J connectivity index is 2.33. The Morgan fingerprint density at radius 2 is 1.33 bits per heavy atom. The third-order valence-electron chi connectivity index (χ3n) is 3.11. The average Bonchev–Trinajstić information content (AvgIpc) is 2.47. The number of ketones is 1. The molecule has 0 aromatic heterocycles. The van der Waals surface area contributed by atoms with Crippen molar-refractivity contribution in [3.8, 4) is 0 Å². The van der Waals surface area contributed by atoms with E-state index in [4.69, 9.17) is 23.2 Å². The normalized spacial score (nSPS) is 12.9. The van der Waals surface area contributed by atoms with Gasteiger partial charge in [-0.05, 0) is 55.5 Å². The summed E-state index contributed by atoms with van der Waals surface area (Å²) < 4.78 is 24.9. The van der Waals surface area contributed by atoms with Crippen LogP contribution in [0.4, 0.5) is 0 Å². The van der Waals surface area contributed by atoms with Crippen molar-refractivity contribution in [2.45, 2.75) is 17.1 Å². The van der Waals surface area contributed by atoms with Crippen LogP contribution in [0.3, 0.4) is 0 Å². The van der Waals surface area contributed by atoms with Gasteiger partial charge in [0.15, 0.2) is 15.6 Å². The molecule has 6 heteroatoms. The van der Waals surface area contributed by atoms with Gasteiger partial charge in [-0.15, -0.1) is 0 Å². The molecule has 1 atom stereocenters. The highest BCUT2D eigenvalue weighted by atomic mass is 35.5. The van der Waals surface area contributed by atoms with E-state index < -0.39 is 20.9 Å². The molecule has 2 aromatic carbocycles. The van der Waals surface area contributed by atoms with Crippen LogP contribution in [0, 0.1) is 0 Å². The van der Waals surface area contributed by atoms with Gasteiger partial charge in [0.2, 0.25) is 0 Å². The van der Waals surface area contributed by atoms with Crippen LogP contribution in [0.5, 0.6) is 0 Å². The predicted octanol–water partition coefficient (Wildman–Crippen LogP) is 4.04. The van der Waals surface area contributed by atoms with Gasteiger partial charge in [-0.1, -0.05) is 23.2 Å². The van der Waals surface area contributed by atoms with Crippen molar-refractivity contribution in [2.24, 2.45) is 0 Å². The minimum atomic E-state index is -3.75. The summed E-state index contributed by atoms with van der Waals surface area (Å²) in [7, 11) is -3.75. The van der Waals surface area contributed by atoms with E-state index in [0.717, 1.165) is 0 Å². The maximum Gasteiger partial charge on any atom is 0.188 e. The highest BCUT2D eigenvalue weighted by molar-refractivity contribution is 7.92. The zero-order chi connectivity index (χ0) is 15.6. The van der Waals surface area contributed by atoms with Crippen LogP contribution in [0.15, 0.2) is 53.4 Å². The summed E-state index contributed by atoms with van der Waals surface area (Å²) in [5.74, 6) is -0.471. The van der Waals surface area contributed by atoms with Crippen molar-refractivity contribution in [3.05, 3.63) is 64.1 Å². The van der Waals surface area contributed by atoms with E-state index in [1.165, 1.54) is 43.3 Å².